The standard InChI is InChI=1S/C11H21N3O2S/c1-5-12-9(2)11-8-13-14(10(11)3)6-7-17(4,15)16/h8-9,12H,5-7H2,1-4H3. The molecule has 1 unspecified atom stereocenters. The van der Waals surface area contributed by atoms with Crippen LogP contribution in [0.4, 0.5) is 0 Å². The lowest BCUT2D eigenvalue weighted by Crippen LogP contribution is -2.19. The first-order valence-electron chi connectivity index (χ1n) is 5.78. The van der Waals surface area contributed by atoms with Crippen molar-refractivity contribution >= 4 is 9.84 Å². The van der Waals surface area contributed by atoms with Crippen molar-refractivity contribution in [1.29, 1.82) is 0 Å². The van der Waals surface area contributed by atoms with Gasteiger partial charge in [-0.2, -0.15) is 5.10 Å². The Kier molecular flexibility index (Phi) is 4.70. The summed E-state index contributed by atoms with van der Waals surface area (Å²) in [5.74, 6) is 0.130. The van der Waals surface area contributed by atoms with E-state index in [4.69, 9.17) is 0 Å². The average Bonchev–Trinajstić information content (AvgIpc) is 2.56. The number of aromatic nitrogens is 2. The molecular weight excluding hydrogens is 238 g/mol. The zero-order chi connectivity index (χ0) is 13.1. The lowest BCUT2D eigenvalue weighted by Gasteiger charge is -2.12. The molecule has 17 heavy (non-hydrogen) atoms. The summed E-state index contributed by atoms with van der Waals surface area (Å²) in [6.07, 6.45) is 3.05. The highest BCUT2D eigenvalue weighted by Crippen LogP contribution is 2.16. The predicted molar refractivity (Wildman–Crippen MR) is 68.8 cm³/mol. The lowest BCUT2D eigenvalue weighted by atomic mass is 10.1. The van der Waals surface area contributed by atoms with Gasteiger partial charge >= 0.3 is 0 Å². The van der Waals surface area contributed by atoms with Crippen molar-refractivity contribution in [3.8, 4) is 0 Å². The van der Waals surface area contributed by atoms with Crippen LogP contribution in [-0.4, -0.2) is 36.8 Å². The molecule has 0 saturated heterocycles. The minimum absolute atomic E-state index is 0.130. The third-order valence-corrected chi connectivity index (χ3v) is 3.72. The van der Waals surface area contributed by atoms with Crippen molar-refractivity contribution in [2.24, 2.45) is 0 Å². The van der Waals surface area contributed by atoms with Gasteiger partial charge in [0.2, 0.25) is 0 Å². The van der Waals surface area contributed by atoms with E-state index in [0.717, 1.165) is 17.8 Å². The maximum Gasteiger partial charge on any atom is 0.149 e. The predicted octanol–water partition coefficient (Wildman–Crippen LogP) is 0.907. The molecule has 0 aliphatic carbocycles. The molecule has 0 amide bonds. The Morgan fingerprint density at radius 2 is 2.18 bits per heavy atom. The van der Waals surface area contributed by atoms with E-state index in [1.54, 1.807) is 4.68 Å². The Morgan fingerprint density at radius 1 is 1.53 bits per heavy atom. The monoisotopic (exact) mass is 259 g/mol. The molecule has 0 aliphatic rings. The molecule has 6 heteroatoms. The smallest absolute Gasteiger partial charge is 0.149 e. The second-order valence-corrected chi connectivity index (χ2v) is 6.58. The zero-order valence-corrected chi connectivity index (χ0v) is 11.7. The summed E-state index contributed by atoms with van der Waals surface area (Å²) < 4.78 is 24.0. The van der Waals surface area contributed by atoms with Crippen LogP contribution in [0.2, 0.25) is 0 Å². The Hall–Kier alpha value is -0.880. The van der Waals surface area contributed by atoms with Crippen LogP contribution in [0.5, 0.6) is 0 Å². The van der Waals surface area contributed by atoms with Crippen LogP contribution in [0, 0.1) is 6.92 Å². The van der Waals surface area contributed by atoms with Crippen molar-refractivity contribution in [3.63, 3.8) is 0 Å². The van der Waals surface area contributed by atoms with E-state index in [0.29, 0.717) is 6.54 Å². The second kappa shape index (κ2) is 5.64. The van der Waals surface area contributed by atoms with Crippen LogP contribution >= 0.6 is 0 Å². The number of aryl methyl sites for hydroxylation is 1. The van der Waals surface area contributed by atoms with Gasteiger partial charge in [-0.3, -0.25) is 4.68 Å². The summed E-state index contributed by atoms with van der Waals surface area (Å²) in [4.78, 5) is 0. The van der Waals surface area contributed by atoms with Crippen LogP contribution in [0.25, 0.3) is 0 Å². The quantitative estimate of drug-likeness (QED) is 0.824. The van der Waals surface area contributed by atoms with Gasteiger partial charge in [0.1, 0.15) is 9.84 Å². The second-order valence-electron chi connectivity index (χ2n) is 4.32. The van der Waals surface area contributed by atoms with E-state index >= 15 is 0 Å². The van der Waals surface area contributed by atoms with Gasteiger partial charge in [0.25, 0.3) is 0 Å². The molecule has 5 nitrogen and oxygen atoms in total. The van der Waals surface area contributed by atoms with Crippen molar-refractivity contribution < 1.29 is 8.42 Å². The molecule has 0 aromatic carbocycles. The fourth-order valence-corrected chi connectivity index (χ4v) is 2.28. The topological polar surface area (TPSA) is 64.0 Å². The first-order chi connectivity index (χ1) is 7.85. The lowest BCUT2D eigenvalue weighted by molar-refractivity contribution is 0.576. The first kappa shape index (κ1) is 14.2. The third kappa shape index (κ3) is 4.12. The molecule has 0 aliphatic heterocycles. The molecule has 0 saturated carbocycles. The highest BCUT2D eigenvalue weighted by molar-refractivity contribution is 7.90. The number of nitrogens with zero attached hydrogens (tertiary/aromatic N) is 2. The van der Waals surface area contributed by atoms with E-state index in [1.807, 2.05) is 13.1 Å². The molecule has 1 N–H and O–H groups in total. The van der Waals surface area contributed by atoms with Gasteiger partial charge in [-0.05, 0) is 20.4 Å². The van der Waals surface area contributed by atoms with Crippen molar-refractivity contribution in [1.82, 2.24) is 15.1 Å². The molecule has 0 bridgehead atoms. The SMILES string of the molecule is CCNC(C)c1cnn(CCS(C)(=O)=O)c1C. The number of nitrogens with one attached hydrogen (secondary N) is 1. The largest absolute Gasteiger partial charge is 0.310 e. The van der Waals surface area contributed by atoms with E-state index in [1.165, 1.54) is 6.26 Å². The Labute approximate surface area is 103 Å². The van der Waals surface area contributed by atoms with Gasteiger partial charge in [0.05, 0.1) is 18.5 Å². The van der Waals surface area contributed by atoms with Gasteiger partial charge in [-0.25, -0.2) is 8.42 Å². The molecule has 98 valence electrons. The Bertz CT molecular complexity index is 465. The Morgan fingerprint density at radius 3 is 2.71 bits per heavy atom. The number of hydrogen-bond donors (Lipinski definition) is 1. The normalized spacial score (nSPS) is 13.9. The molecule has 1 rings (SSSR count). The summed E-state index contributed by atoms with van der Waals surface area (Å²) in [5, 5.41) is 7.55. The Balaban J connectivity index is 2.77. The zero-order valence-electron chi connectivity index (χ0n) is 10.9. The van der Waals surface area contributed by atoms with Crippen molar-refractivity contribution in [2.75, 3.05) is 18.6 Å². The van der Waals surface area contributed by atoms with E-state index in [-0.39, 0.29) is 11.8 Å². The molecule has 1 aromatic heterocycles. The van der Waals surface area contributed by atoms with Crippen LogP contribution in [-0.2, 0) is 16.4 Å². The van der Waals surface area contributed by atoms with Gasteiger partial charge in [0, 0.05) is 23.6 Å². The molecule has 1 aromatic rings. The molecule has 1 heterocycles. The fraction of sp³-hybridized carbons (Fsp3) is 0.727. The fourth-order valence-electron chi connectivity index (χ4n) is 1.78. The molecule has 0 spiro atoms. The van der Waals surface area contributed by atoms with Gasteiger partial charge in [0.15, 0.2) is 0 Å². The van der Waals surface area contributed by atoms with Crippen LogP contribution in [0.3, 0.4) is 0 Å². The first-order valence-corrected chi connectivity index (χ1v) is 7.84. The minimum Gasteiger partial charge on any atom is -0.310 e. The third-order valence-electron chi connectivity index (χ3n) is 2.79. The number of rotatable bonds is 6. The maximum atomic E-state index is 11.1. The number of sulfone groups is 1. The van der Waals surface area contributed by atoms with Gasteiger partial charge in [-0.15, -0.1) is 0 Å². The van der Waals surface area contributed by atoms with Crippen molar-refractivity contribution in [2.45, 2.75) is 33.4 Å². The summed E-state index contributed by atoms with van der Waals surface area (Å²) in [6, 6.07) is 0.243. The summed E-state index contributed by atoms with van der Waals surface area (Å²) in [7, 11) is -2.94. The van der Waals surface area contributed by atoms with E-state index < -0.39 is 9.84 Å². The van der Waals surface area contributed by atoms with Crippen molar-refractivity contribution in [3.05, 3.63) is 17.5 Å². The molecule has 0 radical (unpaired) electrons. The van der Waals surface area contributed by atoms with E-state index in [9.17, 15) is 8.42 Å². The highest BCUT2D eigenvalue weighted by atomic mass is 32.2. The summed E-state index contributed by atoms with van der Waals surface area (Å²) in [5.41, 5.74) is 2.16. The van der Waals surface area contributed by atoms with Gasteiger partial charge < -0.3 is 5.32 Å². The maximum absolute atomic E-state index is 11.1. The van der Waals surface area contributed by atoms with Gasteiger partial charge in [-0.1, -0.05) is 6.92 Å². The van der Waals surface area contributed by atoms with Crippen LogP contribution in [0.1, 0.15) is 31.1 Å². The average molecular weight is 259 g/mol. The van der Waals surface area contributed by atoms with Crippen LogP contribution in [0.15, 0.2) is 6.20 Å². The molecule has 0 fully saturated rings. The van der Waals surface area contributed by atoms with Crippen LogP contribution < -0.4 is 5.32 Å². The minimum atomic E-state index is -2.94. The summed E-state index contributed by atoms with van der Waals surface area (Å²) in [6.45, 7) is 7.42. The highest BCUT2D eigenvalue weighted by Gasteiger charge is 2.13. The molecule has 1 atom stereocenters. The number of hydrogen-bond acceptors (Lipinski definition) is 4. The van der Waals surface area contributed by atoms with E-state index in [2.05, 4.69) is 24.3 Å². The molecular formula is C11H21N3O2S. The summed E-state index contributed by atoms with van der Waals surface area (Å²) >= 11 is 0.